The van der Waals surface area contributed by atoms with Crippen LogP contribution in [-0.2, 0) is 0 Å². The average Bonchev–Trinajstić information content (AvgIpc) is 2.81. The second-order valence-corrected chi connectivity index (χ2v) is 6.87. The Bertz CT molecular complexity index is 296. The number of benzene rings is 1. The number of hydrogen-bond donors (Lipinski definition) is 1. The smallest absolute Gasteiger partial charge is 0.0191 e. The zero-order chi connectivity index (χ0) is 11.2. The summed E-state index contributed by atoms with van der Waals surface area (Å²) in [4.78, 5) is 1.37. The molecule has 2 rings (SSSR count). The molecule has 2 atom stereocenters. The van der Waals surface area contributed by atoms with Gasteiger partial charge < -0.3 is 5.32 Å². The van der Waals surface area contributed by atoms with Crippen LogP contribution in [0.4, 0.5) is 0 Å². The highest BCUT2D eigenvalue weighted by Gasteiger charge is 2.15. The normalized spacial score (nSPS) is 22.2. The second-order valence-electron chi connectivity index (χ2n) is 4.21. The molecule has 88 valence electrons. The predicted molar refractivity (Wildman–Crippen MR) is 75.5 cm³/mol. The molecule has 16 heavy (non-hydrogen) atoms. The van der Waals surface area contributed by atoms with Crippen LogP contribution >= 0.6 is 23.5 Å². The average molecular weight is 253 g/mol. The molecule has 1 heterocycles. The standard InChI is InChI=1S/C13H19NS2/c1-11(9-14-12-7-8-15-10-12)16-13-5-3-2-4-6-13/h2-6,11-12,14H,7-10H2,1H3. The van der Waals surface area contributed by atoms with Crippen LogP contribution < -0.4 is 5.32 Å². The number of nitrogens with one attached hydrogen (secondary N) is 1. The van der Waals surface area contributed by atoms with Gasteiger partial charge in [-0.3, -0.25) is 0 Å². The zero-order valence-electron chi connectivity index (χ0n) is 9.69. The lowest BCUT2D eigenvalue weighted by Gasteiger charge is -2.16. The number of thioether (sulfide) groups is 2. The Morgan fingerprint density at radius 2 is 2.25 bits per heavy atom. The topological polar surface area (TPSA) is 12.0 Å². The van der Waals surface area contributed by atoms with Crippen molar-refractivity contribution in [2.75, 3.05) is 18.1 Å². The molecule has 0 radical (unpaired) electrons. The fourth-order valence-corrected chi connectivity index (χ4v) is 3.95. The summed E-state index contributed by atoms with van der Waals surface area (Å²) in [5, 5.41) is 4.31. The Morgan fingerprint density at radius 3 is 2.94 bits per heavy atom. The summed E-state index contributed by atoms with van der Waals surface area (Å²) in [5.74, 6) is 2.63. The van der Waals surface area contributed by atoms with Gasteiger partial charge in [0, 0.05) is 28.5 Å². The van der Waals surface area contributed by atoms with E-state index in [9.17, 15) is 0 Å². The van der Waals surface area contributed by atoms with Gasteiger partial charge >= 0.3 is 0 Å². The van der Waals surface area contributed by atoms with E-state index in [0.717, 1.165) is 12.6 Å². The minimum Gasteiger partial charge on any atom is -0.312 e. The highest BCUT2D eigenvalue weighted by molar-refractivity contribution is 8.00. The van der Waals surface area contributed by atoms with Crippen LogP contribution in [0.25, 0.3) is 0 Å². The van der Waals surface area contributed by atoms with Crippen LogP contribution in [0.1, 0.15) is 13.3 Å². The number of rotatable bonds is 5. The molecule has 0 saturated carbocycles. The van der Waals surface area contributed by atoms with E-state index in [1.54, 1.807) is 0 Å². The van der Waals surface area contributed by atoms with Gasteiger partial charge in [0.25, 0.3) is 0 Å². The molecule has 1 aromatic carbocycles. The SMILES string of the molecule is CC(CNC1CCSC1)Sc1ccccc1. The Kier molecular flexibility index (Phi) is 5.07. The molecule has 1 nitrogen and oxygen atoms in total. The molecule has 2 unspecified atom stereocenters. The molecule has 1 N–H and O–H groups in total. The van der Waals surface area contributed by atoms with E-state index in [1.807, 2.05) is 11.8 Å². The minimum atomic E-state index is 0.646. The molecule has 0 spiro atoms. The van der Waals surface area contributed by atoms with Crippen LogP contribution in [-0.4, -0.2) is 29.3 Å². The molecule has 1 saturated heterocycles. The van der Waals surface area contributed by atoms with E-state index in [1.165, 1.54) is 22.8 Å². The van der Waals surface area contributed by atoms with Gasteiger partial charge in [-0.2, -0.15) is 11.8 Å². The summed E-state index contributed by atoms with van der Waals surface area (Å²) < 4.78 is 0. The maximum absolute atomic E-state index is 3.66. The first-order chi connectivity index (χ1) is 7.84. The summed E-state index contributed by atoms with van der Waals surface area (Å²) in [6, 6.07) is 11.4. The summed E-state index contributed by atoms with van der Waals surface area (Å²) in [7, 11) is 0. The maximum atomic E-state index is 3.66. The van der Waals surface area contributed by atoms with Crippen molar-refractivity contribution in [3.8, 4) is 0 Å². The van der Waals surface area contributed by atoms with E-state index in [2.05, 4.69) is 54.3 Å². The van der Waals surface area contributed by atoms with E-state index in [-0.39, 0.29) is 0 Å². The van der Waals surface area contributed by atoms with E-state index in [0.29, 0.717) is 5.25 Å². The van der Waals surface area contributed by atoms with Crippen LogP contribution in [0.2, 0.25) is 0 Å². The van der Waals surface area contributed by atoms with Gasteiger partial charge in [0.05, 0.1) is 0 Å². The Balaban J connectivity index is 1.69. The van der Waals surface area contributed by atoms with Gasteiger partial charge in [-0.15, -0.1) is 11.8 Å². The van der Waals surface area contributed by atoms with Gasteiger partial charge in [0.2, 0.25) is 0 Å². The van der Waals surface area contributed by atoms with Gasteiger partial charge in [0.15, 0.2) is 0 Å². The number of hydrogen-bond acceptors (Lipinski definition) is 3. The van der Waals surface area contributed by atoms with Gasteiger partial charge in [-0.25, -0.2) is 0 Å². The molecule has 1 fully saturated rings. The Morgan fingerprint density at radius 1 is 1.44 bits per heavy atom. The minimum absolute atomic E-state index is 0.646. The van der Waals surface area contributed by atoms with Crippen molar-refractivity contribution in [3.05, 3.63) is 30.3 Å². The highest BCUT2D eigenvalue weighted by Crippen LogP contribution is 2.23. The third kappa shape index (κ3) is 4.04. The van der Waals surface area contributed by atoms with E-state index >= 15 is 0 Å². The summed E-state index contributed by atoms with van der Waals surface area (Å²) in [5.41, 5.74) is 0. The highest BCUT2D eigenvalue weighted by atomic mass is 32.2. The largest absolute Gasteiger partial charge is 0.312 e. The van der Waals surface area contributed by atoms with E-state index in [4.69, 9.17) is 0 Å². The monoisotopic (exact) mass is 253 g/mol. The molecule has 0 aromatic heterocycles. The van der Waals surface area contributed by atoms with Crippen LogP contribution in [0.5, 0.6) is 0 Å². The van der Waals surface area contributed by atoms with Crippen LogP contribution in [0, 0.1) is 0 Å². The van der Waals surface area contributed by atoms with E-state index < -0.39 is 0 Å². The van der Waals surface area contributed by atoms with Crippen LogP contribution in [0.15, 0.2) is 35.2 Å². The molecule has 0 aliphatic carbocycles. The van der Waals surface area contributed by atoms with Gasteiger partial charge in [-0.1, -0.05) is 25.1 Å². The Labute approximate surface area is 107 Å². The quantitative estimate of drug-likeness (QED) is 0.809. The molecule has 1 aliphatic heterocycles. The maximum Gasteiger partial charge on any atom is 0.0191 e. The first kappa shape index (κ1) is 12.3. The molecule has 0 amide bonds. The Hall–Kier alpha value is -0.120. The zero-order valence-corrected chi connectivity index (χ0v) is 11.3. The first-order valence-electron chi connectivity index (χ1n) is 5.87. The third-order valence-corrected chi connectivity index (χ3v) is 4.98. The van der Waals surface area contributed by atoms with Gasteiger partial charge in [-0.05, 0) is 24.3 Å². The summed E-state index contributed by atoms with van der Waals surface area (Å²) in [6.45, 7) is 3.41. The fourth-order valence-electron chi connectivity index (χ4n) is 1.80. The lowest BCUT2D eigenvalue weighted by Crippen LogP contribution is -2.33. The molecular weight excluding hydrogens is 234 g/mol. The van der Waals surface area contributed by atoms with Gasteiger partial charge in [0.1, 0.15) is 0 Å². The van der Waals surface area contributed by atoms with Crippen molar-refractivity contribution >= 4 is 23.5 Å². The molecule has 1 aromatic rings. The van der Waals surface area contributed by atoms with Crippen molar-refractivity contribution in [2.24, 2.45) is 0 Å². The second kappa shape index (κ2) is 6.58. The lowest BCUT2D eigenvalue weighted by atomic mass is 10.2. The molecule has 3 heteroatoms. The fraction of sp³-hybridized carbons (Fsp3) is 0.538. The first-order valence-corrected chi connectivity index (χ1v) is 7.91. The lowest BCUT2D eigenvalue weighted by molar-refractivity contribution is 0.560. The van der Waals surface area contributed by atoms with Crippen molar-refractivity contribution in [2.45, 2.75) is 29.5 Å². The van der Waals surface area contributed by atoms with Crippen molar-refractivity contribution in [1.29, 1.82) is 0 Å². The molecule has 1 aliphatic rings. The predicted octanol–water partition coefficient (Wildman–Crippen LogP) is 3.26. The van der Waals surface area contributed by atoms with Crippen molar-refractivity contribution in [3.63, 3.8) is 0 Å². The third-order valence-electron chi connectivity index (χ3n) is 2.70. The summed E-state index contributed by atoms with van der Waals surface area (Å²) in [6.07, 6.45) is 1.34. The molecular formula is C13H19NS2. The van der Waals surface area contributed by atoms with Crippen molar-refractivity contribution < 1.29 is 0 Å². The van der Waals surface area contributed by atoms with Crippen molar-refractivity contribution in [1.82, 2.24) is 5.32 Å². The molecule has 0 bridgehead atoms. The summed E-state index contributed by atoms with van der Waals surface area (Å²) >= 11 is 4.03. The van der Waals surface area contributed by atoms with Crippen LogP contribution in [0.3, 0.4) is 0 Å².